The Morgan fingerprint density at radius 3 is 2.56 bits per heavy atom. The van der Waals surface area contributed by atoms with Crippen molar-refractivity contribution in [2.45, 2.75) is 17.1 Å². The number of nitrogens with zero attached hydrogens (tertiary/aromatic N) is 1. The zero-order valence-corrected chi connectivity index (χ0v) is 20.8. The molecule has 36 heavy (non-hydrogen) atoms. The first-order valence-electron chi connectivity index (χ1n) is 11.1. The summed E-state index contributed by atoms with van der Waals surface area (Å²) in [6.45, 7) is 0.187. The number of halogens is 1. The maximum Gasteiger partial charge on any atom is 0.264 e. The van der Waals surface area contributed by atoms with E-state index in [0.717, 1.165) is 4.31 Å². The lowest BCUT2D eigenvalue weighted by Crippen LogP contribution is -2.52. The van der Waals surface area contributed by atoms with E-state index in [4.69, 9.17) is 30.5 Å². The molecule has 0 saturated heterocycles. The highest BCUT2D eigenvalue weighted by Crippen LogP contribution is 2.39. The lowest BCUT2D eigenvalue weighted by atomic mass is 10.2. The molecule has 0 aromatic heterocycles. The molecular weight excluding hydrogens is 508 g/mol. The van der Waals surface area contributed by atoms with Crippen molar-refractivity contribution in [2.24, 2.45) is 0 Å². The van der Waals surface area contributed by atoms with Gasteiger partial charge >= 0.3 is 0 Å². The highest BCUT2D eigenvalue weighted by molar-refractivity contribution is 7.92. The number of methoxy groups -OCH3 is 1. The van der Waals surface area contributed by atoms with Gasteiger partial charge in [0.1, 0.15) is 24.2 Å². The molecule has 0 fully saturated rings. The molecule has 2 heterocycles. The summed E-state index contributed by atoms with van der Waals surface area (Å²) in [5, 5.41) is 3.13. The summed E-state index contributed by atoms with van der Waals surface area (Å²) in [7, 11) is -2.54. The lowest BCUT2D eigenvalue weighted by Gasteiger charge is -2.35. The Labute approximate surface area is 213 Å². The fourth-order valence-corrected chi connectivity index (χ4v) is 5.59. The van der Waals surface area contributed by atoms with Crippen LogP contribution in [0.2, 0.25) is 5.02 Å². The molecule has 3 aromatic rings. The first kappa shape index (κ1) is 24.1. The predicted octanol–water partition coefficient (Wildman–Crippen LogP) is 3.26. The third-order valence-corrected chi connectivity index (χ3v) is 7.83. The summed E-state index contributed by atoms with van der Waals surface area (Å²) in [6, 6.07) is 17.9. The molecule has 0 saturated carbocycles. The van der Waals surface area contributed by atoms with Crippen molar-refractivity contribution in [3.63, 3.8) is 0 Å². The molecule has 5 rings (SSSR count). The van der Waals surface area contributed by atoms with Crippen LogP contribution >= 0.6 is 11.6 Å². The summed E-state index contributed by atoms with van der Waals surface area (Å²) in [5.74, 6) is 1.51. The van der Waals surface area contributed by atoms with Gasteiger partial charge in [-0.05, 0) is 54.6 Å². The molecule has 3 aromatic carbocycles. The van der Waals surface area contributed by atoms with Crippen LogP contribution in [0.5, 0.6) is 23.0 Å². The van der Waals surface area contributed by atoms with Crippen LogP contribution in [0.4, 0.5) is 5.69 Å². The van der Waals surface area contributed by atoms with Crippen molar-refractivity contribution in [1.82, 2.24) is 5.32 Å². The summed E-state index contributed by atoms with van der Waals surface area (Å²) in [6.07, 6.45) is -1.50. The first-order valence-corrected chi connectivity index (χ1v) is 13.0. The van der Waals surface area contributed by atoms with Gasteiger partial charge in [-0.2, -0.15) is 0 Å². The number of sulfonamides is 1. The van der Waals surface area contributed by atoms with Gasteiger partial charge in [-0.25, -0.2) is 8.42 Å². The number of carbonyl (C=O) groups is 1. The number of hydrogen-bond acceptors (Lipinski definition) is 7. The molecule has 2 atom stereocenters. The molecule has 2 aliphatic heterocycles. The number of anilines is 1. The van der Waals surface area contributed by atoms with Crippen LogP contribution < -0.4 is 28.6 Å². The molecule has 1 amide bonds. The van der Waals surface area contributed by atoms with Gasteiger partial charge < -0.3 is 24.3 Å². The Hall–Kier alpha value is -3.63. The summed E-state index contributed by atoms with van der Waals surface area (Å²) in [4.78, 5) is 13.1. The molecule has 9 nitrogen and oxygen atoms in total. The van der Waals surface area contributed by atoms with Crippen molar-refractivity contribution in [1.29, 1.82) is 0 Å². The van der Waals surface area contributed by atoms with Gasteiger partial charge in [0.25, 0.3) is 15.9 Å². The number of amides is 1. The number of hydrogen-bond donors (Lipinski definition) is 1. The third-order valence-electron chi connectivity index (χ3n) is 5.80. The van der Waals surface area contributed by atoms with Gasteiger partial charge in [0.05, 0.1) is 30.8 Å². The van der Waals surface area contributed by atoms with Gasteiger partial charge in [0.15, 0.2) is 17.6 Å². The number of ether oxygens (including phenoxy) is 4. The van der Waals surface area contributed by atoms with Crippen LogP contribution in [0.3, 0.4) is 0 Å². The van der Waals surface area contributed by atoms with E-state index in [1.807, 2.05) is 18.2 Å². The molecule has 1 N–H and O–H groups in total. The van der Waals surface area contributed by atoms with E-state index in [1.165, 1.54) is 25.3 Å². The summed E-state index contributed by atoms with van der Waals surface area (Å²) < 4.78 is 50.8. The Bertz CT molecular complexity index is 1380. The zero-order chi connectivity index (χ0) is 25.3. The van der Waals surface area contributed by atoms with E-state index in [9.17, 15) is 13.2 Å². The van der Waals surface area contributed by atoms with E-state index in [-0.39, 0.29) is 36.0 Å². The van der Waals surface area contributed by atoms with Crippen LogP contribution in [0.25, 0.3) is 0 Å². The molecule has 0 unspecified atom stereocenters. The number of rotatable bonds is 6. The molecule has 0 aliphatic carbocycles. The van der Waals surface area contributed by atoms with Crippen molar-refractivity contribution in [3.8, 4) is 23.0 Å². The second-order valence-corrected chi connectivity index (χ2v) is 10.5. The average Bonchev–Trinajstić information content (AvgIpc) is 2.91. The van der Waals surface area contributed by atoms with Crippen LogP contribution in [0.1, 0.15) is 0 Å². The number of carbonyl (C=O) groups excluding carboxylic acids is 1. The molecule has 0 radical (unpaired) electrons. The van der Waals surface area contributed by atoms with Crippen LogP contribution in [0.15, 0.2) is 71.6 Å². The quantitative estimate of drug-likeness (QED) is 0.521. The monoisotopic (exact) mass is 530 g/mol. The maximum absolute atomic E-state index is 13.6. The smallest absolute Gasteiger partial charge is 0.264 e. The van der Waals surface area contributed by atoms with Gasteiger partial charge in [0, 0.05) is 5.02 Å². The van der Waals surface area contributed by atoms with Crippen molar-refractivity contribution in [3.05, 3.63) is 71.8 Å². The second kappa shape index (κ2) is 9.79. The van der Waals surface area contributed by atoms with Crippen molar-refractivity contribution < 1.29 is 32.2 Å². The van der Waals surface area contributed by atoms with E-state index in [2.05, 4.69) is 5.32 Å². The molecule has 188 valence electrons. The largest absolute Gasteiger partial charge is 0.497 e. The van der Waals surface area contributed by atoms with Gasteiger partial charge in [0.2, 0.25) is 0 Å². The van der Waals surface area contributed by atoms with Crippen molar-refractivity contribution >= 4 is 33.2 Å². The molecule has 0 spiro atoms. The zero-order valence-electron chi connectivity index (χ0n) is 19.2. The van der Waals surface area contributed by atoms with Crippen molar-refractivity contribution in [2.75, 3.05) is 31.1 Å². The topological polar surface area (TPSA) is 103 Å². The average molecular weight is 531 g/mol. The summed E-state index contributed by atoms with van der Waals surface area (Å²) >= 11 is 6.15. The SMILES string of the molecule is COc1ccc(S(=O)(=O)N2C[C@H](C(=O)NC[C@@H]3COc4ccccc4O3)Oc3ccc(Cl)cc32)cc1. The normalized spacial score (nSPS) is 18.6. The molecular formula is C25H23ClN2O7S. The highest BCUT2D eigenvalue weighted by Gasteiger charge is 2.38. The Balaban J connectivity index is 1.34. The Kier molecular flexibility index (Phi) is 6.55. The minimum Gasteiger partial charge on any atom is -0.497 e. The summed E-state index contributed by atoms with van der Waals surface area (Å²) in [5.41, 5.74) is 0.253. The van der Waals surface area contributed by atoms with E-state index >= 15 is 0 Å². The second-order valence-electron chi connectivity index (χ2n) is 8.17. The molecule has 2 aliphatic rings. The van der Waals surface area contributed by atoms with Gasteiger partial charge in [-0.3, -0.25) is 9.10 Å². The maximum atomic E-state index is 13.6. The molecule has 11 heteroatoms. The fourth-order valence-electron chi connectivity index (χ4n) is 3.96. The Morgan fingerprint density at radius 2 is 1.81 bits per heavy atom. The number of benzene rings is 3. The van der Waals surface area contributed by atoms with Crippen LogP contribution in [-0.2, 0) is 14.8 Å². The predicted molar refractivity (Wildman–Crippen MR) is 133 cm³/mol. The Morgan fingerprint density at radius 1 is 1.06 bits per heavy atom. The minimum atomic E-state index is -4.04. The van der Waals surface area contributed by atoms with Crippen LogP contribution in [0, 0.1) is 0 Å². The lowest BCUT2D eigenvalue weighted by molar-refractivity contribution is -0.128. The van der Waals surface area contributed by atoms with E-state index in [0.29, 0.717) is 22.3 Å². The van der Waals surface area contributed by atoms with Crippen LogP contribution in [-0.4, -0.2) is 53.3 Å². The standard InChI is InChI=1S/C25H23ClN2O7S/c1-32-17-7-9-19(10-8-17)36(30,31)28-14-24(35-21-11-6-16(26)12-20(21)28)25(29)27-13-18-15-33-22-4-2-3-5-23(22)34-18/h2-12,18,24H,13-15H2,1H3,(H,27,29)/t18-,24-/m1/s1. The number of fused-ring (bicyclic) bond motifs is 2. The fraction of sp³-hybridized carbons (Fsp3) is 0.240. The van der Waals surface area contributed by atoms with E-state index in [1.54, 1.807) is 30.3 Å². The van der Waals surface area contributed by atoms with E-state index < -0.39 is 28.1 Å². The molecule has 0 bridgehead atoms. The number of nitrogens with one attached hydrogen (secondary N) is 1. The first-order chi connectivity index (χ1) is 17.3. The third kappa shape index (κ3) is 4.74. The van der Waals surface area contributed by atoms with Gasteiger partial charge in [-0.1, -0.05) is 23.7 Å². The highest BCUT2D eigenvalue weighted by atomic mass is 35.5. The van der Waals surface area contributed by atoms with Gasteiger partial charge in [-0.15, -0.1) is 0 Å². The number of para-hydroxylation sites is 2. The minimum absolute atomic E-state index is 0.0432.